The predicted octanol–water partition coefficient (Wildman–Crippen LogP) is -1.23. The average molecular weight is 217 g/mol. The summed E-state index contributed by atoms with van der Waals surface area (Å²) in [6.45, 7) is -0.238. The Bertz CT molecular complexity index is 328. The molecule has 0 aromatic rings. The zero-order valence-corrected chi connectivity index (χ0v) is 8.39. The Labute approximate surface area is 72.0 Å². The molecule has 0 aliphatic rings. The van der Waals surface area contributed by atoms with E-state index in [4.69, 9.17) is 4.55 Å². The van der Waals surface area contributed by atoms with E-state index in [0.717, 1.165) is 10.6 Å². The molecular weight excluding hydrogens is 206 g/mol. The first-order valence-electron chi connectivity index (χ1n) is 2.99. The van der Waals surface area contributed by atoms with E-state index in [0.29, 0.717) is 0 Å². The third kappa shape index (κ3) is 5.47. The first-order chi connectivity index (χ1) is 5.13. The van der Waals surface area contributed by atoms with E-state index < -0.39 is 25.9 Å². The number of sulfonamides is 1. The van der Waals surface area contributed by atoms with Crippen LogP contribution in [-0.2, 0) is 20.1 Å². The van der Waals surface area contributed by atoms with Crippen molar-refractivity contribution in [2.45, 2.75) is 0 Å². The maximum atomic E-state index is 10.7. The highest BCUT2D eigenvalue weighted by Crippen LogP contribution is 1.93. The molecule has 0 aromatic carbocycles. The Balaban J connectivity index is 4.16. The standard InChI is InChI=1S/C4H11NO5S2/c1-5(11(2,6)7)3-4-12(8,9)10/h3-4H2,1-2H3,(H,8,9,10). The van der Waals surface area contributed by atoms with Gasteiger partial charge in [0.1, 0.15) is 0 Å². The van der Waals surface area contributed by atoms with Crippen molar-refractivity contribution in [1.82, 2.24) is 4.31 Å². The average Bonchev–Trinajstić information content (AvgIpc) is 1.78. The Morgan fingerprint density at radius 2 is 1.67 bits per heavy atom. The van der Waals surface area contributed by atoms with Crippen LogP contribution in [0.4, 0.5) is 0 Å². The molecule has 0 unspecified atom stereocenters. The molecule has 0 saturated heterocycles. The Morgan fingerprint density at radius 1 is 1.25 bits per heavy atom. The monoisotopic (exact) mass is 217 g/mol. The second-order valence-corrected chi connectivity index (χ2v) is 6.03. The fourth-order valence-electron chi connectivity index (χ4n) is 0.410. The van der Waals surface area contributed by atoms with Crippen LogP contribution in [-0.4, -0.2) is 51.3 Å². The van der Waals surface area contributed by atoms with E-state index in [1.54, 1.807) is 0 Å². The molecule has 0 bridgehead atoms. The quantitative estimate of drug-likeness (QED) is 0.595. The number of rotatable bonds is 4. The van der Waals surface area contributed by atoms with Gasteiger partial charge < -0.3 is 0 Å². The van der Waals surface area contributed by atoms with Crippen molar-refractivity contribution < 1.29 is 21.4 Å². The van der Waals surface area contributed by atoms with E-state index in [1.807, 2.05) is 0 Å². The third-order valence-electron chi connectivity index (χ3n) is 1.23. The molecule has 74 valence electrons. The lowest BCUT2D eigenvalue weighted by molar-refractivity contribution is 0.461. The van der Waals surface area contributed by atoms with Gasteiger partial charge in [0.25, 0.3) is 10.1 Å². The lowest BCUT2D eigenvalue weighted by Crippen LogP contribution is -2.30. The molecule has 0 spiro atoms. The first-order valence-corrected chi connectivity index (χ1v) is 6.45. The largest absolute Gasteiger partial charge is 0.286 e. The minimum Gasteiger partial charge on any atom is -0.286 e. The van der Waals surface area contributed by atoms with Crippen LogP contribution in [0.1, 0.15) is 0 Å². The molecule has 0 radical (unpaired) electrons. The summed E-state index contributed by atoms with van der Waals surface area (Å²) in [5.41, 5.74) is 0. The smallest absolute Gasteiger partial charge is 0.266 e. The zero-order chi connectivity index (χ0) is 9.99. The van der Waals surface area contributed by atoms with Crippen molar-refractivity contribution >= 4 is 20.1 Å². The highest BCUT2D eigenvalue weighted by atomic mass is 32.2. The molecule has 0 heterocycles. The van der Waals surface area contributed by atoms with E-state index in [9.17, 15) is 16.8 Å². The molecular formula is C4H11NO5S2. The van der Waals surface area contributed by atoms with Crippen LogP contribution in [0.15, 0.2) is 0 Å². The van der Waals surface area contributed by atoms with Gasteiger partial charge in [-0.05, 0) is 0 Å². The number of hydrogen-bond donors (Lipinski definition) is 1. The third-order valence-corrected chi connectivity index (χ3v) is 3.24. The molecule has 8 heteroatoms. The van der Waals surface area contributed by atoms with Crippen molar-refractivity contribution in [3.63, 3.8) is 0 Å². The predicted molar refractivity (Wildman–Crippen MR) is 43.9 cm³/mol. The van der Waals surface area contributed by atoms with Crippen LogP contribution in [0.5, 0.6) is 0 Å². The van der Waals surface area contributed by atoms with E-state index >= 15 is 0 Å². The minimum absolute atomic E-state index is 0.238. The van der Waals surface area contributed by atoms with Crippen molar-refractivity contribution in [3.8, 4) is 0 Å². The SMILES string of the molecule is CN(CCS(=O)(=O)O)S(C)(=O)=O. The molecule has 12 heavy (non-hydrogen) atoms. The minimum atomic E-state index is -4.09. The van der Waals surface area contributed by atoms with Gasteiger partial charge in [0.15, 0.2) is 0 Å². The second kappa shape index (κ2) is 3.69. The normalized spacial score (nSPS) is 13.7. The Kier molecular flexibility index (Phi) is 3.63. The van der Waals surface area contributed by atoms with E-state index in [-0.39, 0.29) is 6.54 Å². The highest BCUT2D eigenvalue weighted by Gasteiger charge is 2.13. The Hall–Kier alpha value is -0.180. The maximum absolute atomic E-state index is 10.7. The van der Waals surface area contributed by atoms with Crippen molar-refractivity contribution in [2.75, 3.05) is 25.6 Å². The fraction of sp³-hybridized carbons (Fsp3) is 1.00. The van der Waals surface area contributed by atoms with Gasteiger partial charge in [-0.2, -0.15) is 8.42 Å². The van der Waals surface area contributed by atoms with Crippen LogP contribution in [0.2, 0.25) is 0 Å². The summed E-state index contributed by atoms with van der Waals surface area (Å²) in [5.74, 6) is -0.587. The molecule has 0 aliphatic carbocycles. The van der Waals surface area contributed by atoms with Gasteiger partial charge in [-0.15, -0.1) is 0 Å². The summed E-state index contributed by atoms with van der Waals surface area (Å²) in [6, 6.07) is 0. The van der Waals surface area contributed by atoms with Crippen molar-refractivity contribution in [1.29, 1.82) is 0 Å². The van der Waals surface area contributed by atoms with Crippen molar-refractivity contribution in [3.05, 3.63) is 0 Å². The number of nitrogens with zero attached hydrogens (tertiary/aromatic N) is 1. The lowest BCUT2D eigenvalue weighted by Gasteiger charge is -2.11. The summed E-state index contributed by atoms with van der Waals surface area (Å²) < 4.78 is 50.9. The first kappa shape index (κ1) is 11.8. The van der Waals surface area contributed by atoms with Gasteiger partial charge in [0.05, 0.1) is 12.0 Å². The molecule has 0 fully saturated rings. The number of hydrogen-bond acceptors (Lipinski definition) is 4. The molecule has 0 atom stereocenters. The molecule has 0 aromatic heterocycles. The van der Waals surface area contributed by atoms with Gasteiger partial charge in [0, 0.05) is 13.6 Å². The topological polar surface area (TPSA) is 91.8 Å². The molecule has 0 amide bonds. The second-order valence-electron chi connectivity index (χ2n) is 2.37. The summed E-state index contributed by atoms with van der Waals surface area (Å²) in [4.78, 5) is 0. The van der Waals surface area contributed by atoms with Gasteiger partial charge in [-0.1, -0.05) is 0 Å². The molecule has 6 nitrogen and oxygen atoms in total. The molecule has 0 rings (SSSR count). The van der Waals surface area contributed by atoms with E-state index in [2.05, 4.69) is 0 Å². The summed E-state index contributed by atoms with van der Waals surface area (Å²) >= 11 is 0. The van der Waals surface area contributed by atoms with Gasteiger partial charge in [0.2, 0.25) is 10.0 Å². The summed E-state index contributed by atoms with van der Waals surface area (Å²) in [7, 11) is -6.22. The van der Waals surface area contributed by atoms with Gasteiger partial charge in [-0.25, -0.2) is 12.7 Å². The van der Waals surface area contributed by atoms with Crippen LogP contribution in [0.25, 0.3) is 0 Å². The Morgan fingerprint density at radius 3 is 1.92 bits per heavy atom. The maximum Gasteiger partial charge on any atom is 0.266 e. The van der Waals surface area contributed by atoms with Crippen LogP contribution in [0.3, 0.4) is 0 Å². The molecule has 0 aliphatic heterocycles. The van der Waals surface area contributed by atoms with Crippen molar-refractivity contribution in [2.24, 2.45) is 0 Å². The van der Waals surface area contributed by atoms with Crippen LogP contribution < -0.4 is 0 Å². The fourth-order valence-corrected chi connectivity index (χ4v) is 1.45. The summed E-state index contributed by atoms with van der Waals surface area (Å²) in [5, 5.41) is 0. The van der Waals surface area contributed by atoms with Crippen LogP contribution in [0, 0.1) is 0 Å². The lowest BCUT2D eigenvalue weighted by atomic mass is 10.8. The van der Waals surface area contributed by atoms with E-state index in [1.165, 1.54) is 7.05 Å². The van der Waals surface area contributed by atoms with Crippen LogP contribution >= 0.6 is 0 Å². The zero-order valence-electron chi connectivity index (χ0n) is 6.76. The van der Waals surface area contributed by atoms with Gasteiger partial charge >= 0.3 is 0 Å². The van der Waals surface area contributed by atoms with Gasteiger partial charge in [-0.3, -0.25) is 4.55 Å². The highest BCUT2D eigenvalue weighted by molar-refractivity contribution is 7.88. The molecule has 0 saturated carbocycles. The summed E-state index contributed by atoms with van der Waals surface area (Å²) in [6.07, 6.45) is 0.955. The molecule has 1 N–H and O–H groups in total.